The number of nitrogens with one attached hydrogen (secondary N) is 2. The van der Waals surface area contributed by atoms with Gasteiger partial charge in [0.2, 0.25) is 5.91 Å². The molecule has 37 heavy (non-hydrogen) atoms. The van der Waals surface area contributed by atoms with E-state index in [-0.39, 0.29) is 17.9 Å². The number of likely N-dealkylation sites (tertiary alicyclic amines) is 1. The van der Waals surface area contributed by atoms with E-state index in [9.17, 15) is 9.59 Å². The third kappa shape index (κ3) is 5.45. The number of hydrogen-bond donors (Lipinski definition) is 2. The number of ether oxygens (including phenoxy) is 1. The van der Waals surface area contributed by atoms with Crippen LogP contribution in [0, 0.1) is 29.6 Å². The molecule has 2 aliphatic rings. The van der Waals surface area contributed by atoms with Gasteiger partial charge in [-0.15, -0.1) is 10.2 Å². The van der Waals surface area contributed by atoms with Gasteiger partial charge in [-0.05, 0) is 54.7 Å². The Kier molecular flexibility index (Phi) is 6.86. The number of hydrogen-bond acceptors (Lipinski definition) is 8. The molecule has 10 heteroatoms. The molecule has 3 aromatic rings. The van der Waals surface area contributed by atoms with Crippen molar-refractivity contribution in [2.45, 2.75) is 26.2 Å². The number of pyridine rings is 2. The zero-order valence-corrected chi connectivity index (χ0v) is 21.1. The number of fused-ring (bicyclic) bond motifs is 1. The predicted octanol–water partition coefficient (Wildman–Crippen LogP) is 3.09. The van der Waals surface area contributed by atoms with E-state index in [0.29, 0.717) is 40.2 Å². The van der Waals surface area contributed by atoms with Crippen LogP contribution >= 0.6 is 0 Å². The molecule has 0 bridgehead atoms. The minimum Gasteiger partial charge on any atom is -0.453 e. The van der Waals surface area contributed by atoms with Crippen molar-refractivity contribution in [1.82, 2.24) is 25.1 Å². The van der Waals surface area contributed by atoms with E-state index >= 15 is 0 Å². The SMILES string of the molecule is CNc1ncc(C#Cc2ccc(CCC3CN(C(=O)OC)C3)cn2)c2cc(NC(=O)[C@H]3C[C@H]3C)nnc12. The highest BCUT2D eigenvalue weighted by Crippen LogP contribution is 2.38. The second-order valence-electron chi connectivity index (χ2n) is 9.65. The molecule has 0 radical (unpaired) electrons. The zero-order chi connectivity index (χ0) is 25.9. The Morgan fingerprint density at radius 3 is 2.65 bits per heavy atom. The van der Waals surface area contributed by atoms with Crippen LogP contribution in [0.2, 0.25) is 0 Å². The van der Waals surface area contributed by atoms with Gasteiger partial charge < -0.3 is 20.3 Å². The standard InChI is InChI=1S/C27H29N7O3/c1-16-10-21(16)26(35)31-23-11-22-19(13-30-25(28-2)24(22)33-32-23)7-9-20-8-6-17(12-29-20)4-5-18-14-34(15-18)27(36)37-3/h6,8,11-13,16,18,21H,4-5,10,14-15H2,1-3H3,(H,28,30)(H,31,32,35)/t16-,21+/m1/s1. The van der Waals surface area contributed by atoms with Crippen LogP contribution in [0.3, 0.4) is 0 Å². The second-order valence-corrected chi connectivity index (χ2v) is 9.65. The summed E-state index contributed by atoms with van der Waals surface area (Å²) in [7, 11) is 3.17. The molecule has 3 aromatic heterocycles. The topological polar surface area (TPSA) is 122 Å². The Labute approximate surface area is 215 Å². The Morgan fingerprint density at radius 1 is 1.16 bits per heavy atom. The van der Waals surface area contributed by atoms with Crippen molar-refractivity contribution in [2.24, 2.45) is 17.8 Å². The molecule has 2 N–H and O–H groups in total. The van der Waals surface area contributed by atoms with Crippen molar-refractivity contribution in [3.8, 4) is 11.8 Å². The van der Waals surface area contributed by atoms with Crippen LogP contribution in [0.15, 0.2) is 30.6 Å². The predicted molar refractivity (Wildman–Crippen MR) is 139 cm³/mol. The number of anilines is 2. The highest BCUT2D eigenvalue weighted by molar-refractivity contribution is 5.97. The van der Waals surface area contributed by atoms with Crippen molar-refractivity contribution in [2.75, 3.05) is 37.9 Å². The van der Waals surface area contributed by atoms with Gasteiger partial charge in [0.15, 0.2) is 11.6 Å². The third-order valence-electron chi connectivity index (χ3n) is 6.95. The molecule has 1 saturated heterocycles. The van der Waals surface area contributed by atoms with Gasteiger partial charge in [-0.3, -0.25) is 4.79 Å². The first-order chi connectivity index (χ1) is 17.9. The number of nitrogens with zero attached hydrogens (tertiary/aromatic N) is 5. The van der Waals surface area contributed by atoms with Crippen LogP contribution in [0.5, 0.6) is 0 Å². The van der Waals surface area contributed by atoms with Crippen LogP contribution in [0.4, 0.5) is 16.4 Å². The van der Waals surface area contributed by atoms with Gasteiger partial charge in [0.1, 0.15) is 11.2 Å². The smallest absolute Gasteiger partial charge is 0.409 e. The zero-order valence-electron chi connectivity index (χ0n) is 21.1. The van der Waals surface area contributed by atoms with Gasteiger partial charge in [-0.2, -0.15) is 0 Å². The summed E-state index contributed by atoms with van der Waals surface area (Å²) in [5, 5.41) is 15.1. The van der Waals surface area contributed by atoms with E-state index < -0.39 is 0 Å². The molecule has 1 aliphatic carbocycles. The average molecular weight is 500 g/mol. The van der Waals surface area contributed by atoms with E-state index in [4.69, 9.17) is 4.74 Å². The normalized spacial score (nSPS) is 18.4. The largest absolute Gasteiger partial charge is 0.453 e. The number of carbonyl (C=O) groups excluding carboxylic acids is 2. The highest BCUT2D eigenvalue weighted by atomic mass is 16.5. The third-order valence-corrected chi connectivity index (χ3v) is 6.95. The number of aryl methyl sites for hydroxylation is 1. The lowest BCUT2D eigenvalue weighted by atomic mass is 9.93. The van der Waals surface area contributed by atoms with Crippen molar-refractivity contribution in [1.29, 1.82) is 0 Å². The summed E-state index contributed by atoms with van der Waals surface area (Å²) in [6, 6.07) is 5.73. The fraction of sp³-hybridized carbons (Fsp3) is 0.407. The Balaban J connectivity index is 1.27. The number of methoxy groups -OCH3 is 1. The molecule has 5 rings (SSSR count). The minimum absolute atomic E-state index is 0.0286. The van der Waals surface area contributed by atoms with Crippen molar-refractivity contribution >= 4 is 34.5 Å². The monoisotopic (exact) mass is 499 g/mol. The lowest BCUT2D eigenvalue weighted by Gasteiger charge is -2.38. The highest BCUT2D eigenvalue weighted by Gasteiger charge is 2.39. The Bertz CT molecular complexity index is 1390. The maximum Gasteiger partial charge on any atom is 0.409 e. The molecular weight excluding hydrogens is 470 g/mol. The van der Waals surface area contributed by atoms with Crippen LogP contribution in [-0.2, 0) is 16.0 Å². The summed E-state index contributed by atoms with van der Waals surface area (Å²) in [5.74, 6) is 8.16. The van der Waals surface area contributed by atoms with E-state index in [1.54, 1.807) is 24.2 Å². The number of aromatic nitrogens is 4. The van der Waals surface area contributed by atoms with Gasteiger partial charge in [-0.25, -0.2) is 14.8 Å². The summed E-state index contributed by atoms with van der Waals surface area (Å²) in [4.78, 5) is 34.4. The van der Waals surface area contributed by atoms with Crippen LogP contribution in [0.25, 0.3) is 10.9 Å². The number of carbonyl (C=O) groups is 2. The Morgan fingerprint density at radius 2 is 1.97 bits per heavy atom. The molecule has 2 amide bonds. The Hall–Kier alpha value is -4.26. The quantitative estimate of drug-likeness (QED) is 0.496. The van der Waals surface area contributed by atoms with Crippen LogP contribution in [-0.4, -0.2) is 64.3 Å². The molecule has 1 aliphatic heterocycles. The fourth-order valence-electron chi connectivity index (χ4n) is 4.46. The van der Waals surface area contributed by atoms with Gasteiger partial charge in [0.25, 0.3) is 0 Å². The molecule has 2 atom stereocenters. The van der Waals surface area contributed by atoms with Gasteiger partial charge in [-0.1, -0.05) is 18.9 Å². The second kappa shape index (κ2) is 10.4. The molecule has 0 spiro atoms. The van der Waals surface area contributed by atoms with Crippen LogP contribution < -0.4 is 10.6 Å². The summed E-state index contributed by atoms with van der Waals surface area (Å²) in [6.07, 6.45) is 6.06. The number of rotatable bonds is 6. The molecule has 0 aromatic carbocycles. The first-order valence-electron chi connectivity index (χ1n) is 12.4. The van der Waals surface area contributed by atoms with E-state index in [1.165, 1.54) is 7.11 Å². The molecular formula is C27H29N7O3. The van der Waals surface area contributed by atoms with E-state index in [1.807, 2.05) is 18.3 Å². The lowest BCUT2D eigenvalue weighted by molar-refractivity contribution is -0.117. The van der Waals surface area contributed by atoms with Crippen LogP contribution in [0.1, 0.15) is 36.6 Å². The van der Waals surface area contributed by atoms with Gasteiger partial charge in [0, 0.05) is 43.8 Å². The fourth-order valence-corrected chi connectivity index (χ4v) is 4.46. The maximum atomic E-state index is 12.4. The first-order valence-corrected chi connectivity index (χ1v) is 12.4. The van der Waals surface area contributed by atoms with Crippen molar-refractivity contribution in [3.05, 3.63) is 47.4 Å². The summed E-state index contributed by atoms with van der Waals surface area (Å²) >= 11 is 0. The maximum absolute atomic E-state index is 12.4. The molecule has 10 nitrogen and oxygen atoms in total. The average Bonchev–Trinajstić information content (AvgIpc) is 3.63. The van der Waals surface area contributed by atoms with Gasteiger partial charge in [0.05, 0.1) is 12.7 Å². The lowest BCUT2D eigenvalue weighted by Crippen LogP contribution is -2.49. The first kappa shape index (κ1) is 24.4. The van der Waals surface area contributed by atoms with Gasteiger partial charge >= 0.3 is 6.09 Å². The van der Waals surface area contributed by atoms with E-state index in [2.05, 4.69) is 49.6 Å². The summed E-state index contributed by atoms with van der Waals surface area (Å²) < 4.78 is 4.74. The molecule has 0 unspecified atom stereocenters. The summed E-state index contributed by atoms with van der Waals surface area (Å²) in [5.41, 5.74) is 3.03. The summed E-state index contributed by atoms with van der Waals surface area (Å²) in [6.45, 7) is 3.55. The van der Waals surface area contributed by atoms with E-state index in [0.717, 1.165) is 43.3 Å². The molecule has 2 fully saturated rings. The molecule has 190 valence electrons. The number of amides is 2. The van der Waals surface area contributed by atoms with Crippen molar-refractivity contribution in [3.63, 3.8) is 0 Å². The molecule has 1 saturated carbocycles. The minimum atomic E-state index is -0.259. The molecule has 4 heterocycles. The van der Waals surface area contributed by atoms with Crippen molar-refractivity contribution < 1.29 is 14.3 Å².